The van der Waals surface area contributed by atoms with Crippen LogP contribution in [0.5, 0.6) is 0 Å². The summed E-state index contributed by atoms with van der Waals surface area (Å²) < 4.78 is 0. The highest BCUT2D eigenvalue weighted by Crippen LogP contribution is 2.38. The van der Waals surface area contributed by atoms with E-state index in [1.807, 2.05) is 0 Å². The van der Waals surface area contributed by atoms with Gasteiger partial charge in [-0.25, -0.2) is 0 Å². The Kier molecular flexibility index (Phi) is 29.5. The Bertz CT molecular complexity index is 121. The van der Waals surface area contributed by atoms with Crippen molar-refractivity contribution < 1.29 is 0 Å². The van der Waals surface area contributed by atoms with Crippen LogP contribution in [-0.2, 0) is 0 Å². The van der Waals surface area contributed by atoms with Crippen LogP contribution in [0.3, 0.4) is 0 Å². The second-order valence-corrected chi connectivity index (χ2v) is 5.42. The van der Waals surface area contributed by atoms with E-state index in [1.165, 1.54) is 63.9 Å². The molecule has 0 bridgehead atoms. The summed E-state index contributed by atoms with van der Waals surface area (Å²) in [7, 11) is 3.01. The third kappa shape index (κ3) is 12.9. The molecule has 0 aliphatic carbocycles. The molecule has 116 valence electrons. The first-order valence-electron chi connectivity index (χ1n) is 6.94. The summed E-state index contributed by atoms with van der Waals surface area (Å²) in [6.07, 6.45) is 14.0. The third-order valence-electron chi connectivity index (χ3n) is 3.61. The number of hydrogen-bond acceptors (Lipinski definition) is 0. The zero-order valence-corrected chi connectivity index (χ0v) is 18.7. The Morgan fingerprint density at radius 2 is 0.944 bits per heavy atom. The van der Waals surface area contributed by atoms with Gasteiger partial charge in [-0.2, -0.15) is 0 Å². The van der Waals surface area contributed by atoms with Gasteiger partial charge in [0.25, 0.3) is 0 Å². The number of unbranched alkanes of at least 4 members (excludes halogenated alkanes) is 3. The molecule has 18 heavy (non-hydrogen) atoms. The van der Waals surface area contributed by atoms with Gasteiger partial charge in [0.15, 0.2) is 0 Å². The highest BCUT2D eigenvalue weighted by atomic mass is 79.9. The maximum Gasteiger partial charge on any atom is -0.0263 e. The highest BCUT2D eigenvalue weighted by Gasteiger charge is 2.25. The lowest BCUT2D eigenvalue weighted by atomic mass is 9.76. The largest absolute Gasteiger partial charge is 0.137 e. The van der Waals surface area contributed by atoms with E-state index in [9.17, 15) is 0 Å². The average molecular weight is 473 g/mol. The fraction of sp³-hybridized carbons (Fsp3) is 1.00. The molecule has 0 rings (SSSR count). The van der Waals surface area contributed by atoms with Gasteiger partial charge >= 0.3 is 0 Å². The van der Waals surface area contributed by atoms with Gasteiger partial charge in [0.1, 0.15) is 0 Å². The molecule has 4 heteroatoms. The standard InChI is InChI=1S/C14H31P.3BrH/c1-4-7-10-14(13-15,11-8-5-2)12-9-6-3;;;/h4-13,15H2,1-3H3;3*1H. The summed E-state index contributed by atoms with van der Waals surface area (Å²) >= 11 is 0. The van der Waals surface area contributed by atoms with Crippen molar-refractivity contribution in [1.29, 1.82) is 0 Å². The van der Waals surface area contributed by atoms with E-state index in [-0.39, 0.29) is 50.9 Å². The van der Waals surface area contributed by atoms with Crippen molar-refractivity contribution in [3.05, 3.63) is 0 Å². The Hall–Kier alpha value is 1.87. The number of hydrogen-bond donors (Lipinski definition) is 0. The van der Waals surface area contributed by atoms with E-state index in [4.69, 9.17) is 0 Å². The molecular formula is C14H34Br3P. The van der Waals surface area contributed by atoms with Crippen LogP contribution in [0.25, 0.3) is 0 Å². The van der Waals surface area contributed by atoms with Crippen LogP contribution in [0.1, 0.15) is 78.6 Å². The zero-order chi connectivity index (χ0) is 11.6. The van der Waals surface area contributed by atoms with Crippen molar-refractivity contribution in [3.8, 4) is 0 Å². The molecule has 0 fully saturated rings. The Morgan fingerprint density at radius 1 is 0.667 bits per heavy atom. The molecule has 1 atom stereocenters. The van der Waals surface area contributed by atoms with Gasteiger partial charge in [-0.05, 0) is 30.8 Å². The summed E-state index contributed by atoms with van der Waals surface area (Å²) in [6.45, 7) is 6.94. The lowest BCUT2D eigenvalue weighted by Gasteiger charge is -2.33. The topological polar surface area (TPSA) is 0 Å². The summed E-state index contributed by atoms with van der Waals surface area (Å²) in [5, 5.41) is 0. The van der Waals surface area contributed by atoms with Gasteiger partial charge in [-0.15, -0.1) is 60.2 Å². The third-order valence-corrected chi connectivity index (χ3v) is 4.48. The van der Waals surface area contributed by atoms with Crippen LogP contribution in [-0.4, -0.2) is 6.16 Å². The summed E-state index contributed by atoms with van der Waals surface area (Å²) in [4.78, 5) is 0. The molecule has 0 aliphatic rings. The molecular weight excluding hydrogens is 439 g/mol. The Labute approximate surface area is 149 Å². The Morgan fingerprint density at radius 3 is 1.11 bits per heavy atom. The molecule has 0 amide bonds. The van der Waals surface area contributed by atoms with E-state index < -0.39 is 0 Å². The minimum Gasteiger partial charge on any atom is -0.137 e. The van der Waals surface area contributed by atoms with Gasteiger partial charge < -0.3 is 0 Å². The molecule has 0 aromatic rings. The molecule has 0 spiro atoms. The van der Waals surface area contributed by atoms with Crippen molar-refractivity contribution in [2.75, 3.05) is 6.16 Å². The predicted molar refractivity (Wildman–Crippen MR) is 107 cm³/mol. The number of rotatable bonds is 10. The highest BCUT2D eigenvalue weighted by molar-refractivity contribution is 8.93. The molecule has 0 saturated heterocycles. The normalized spacial score (nSPS) is 10.0. The van der Waals surface area contributed by atoms with Crippen LogP contribution < -0.4 is 0 Å². The first-order chi connectivity index (χ1) is 7.24. The van der Waals surface area contributed by atoms with Crippen LogP contribution in [0, 0.1) is 5.41 Å². The molecule has 0 nitrogen and oxygen atoms in total. The van der Waals surface area contributed by atoms with Gasteiger partial charge in [-0.3, -0.25) is 0 Å². The van der Waals surface area contributed by atoms with E-state index >= 15 is 0 Å². The lowest BCUT2D eigenvalue weighted by Crippen LogP contribution is -2.22. The average Bonchev–Trinajstić information content (AvgIpc) is 2.29. The smallest absolute Gasteiger partial charge is 0.0263 e. The second-order valence-electron chi connectivity index (χ2n) is 5.01. The fourth-order valence-corrected chi connectivity index (χ4v) is 2.95. The molecule has 0 N–H and O–H groups in total. The predicted octanol–water partition coefficient (Wildman–Crippen LogP) is 7.15. The fourth-order valence-electron chi connectivity index (χ4n) is 2.34. The van der Waals surface area contributed by atoms with Crippen molar-refractivity contribution in [2.45, 2.75) is 78.6 Å². The summed E-state index contributed by atoms with van der Waals surface area (Å²) in [5.41, 5.74) is 0.659. The maximum absolute atomic E-state index is 3.01. The van der Waals surface area contributed by atoms with E-state index in [1.54, 1.807) is 0 Å². The molecule has 0 aromatic carbocycles. The second kappa shape index (κ2) is 18.9. The first kappa shape index (κ1) is 28.1. The van der Waals surface area contributed by atoms with Crippen molar-refractivity contribution in [1.82, 2.24) is 0 Å². The summed E-state index contributed by atoms with van der Waals surface area (Å²) in [5.74, 6) is 0. The molecule has 0 aliphatic heterocycles. The summed E-state index contributed by atoms with van der Waals surface area (Å²) in [6, 6.07) is 0. The van der Waals surface area contributed by atoms with Crippen molar-refractivity contribution in [2.24, 2.45) is 5.41 Å². The zero-order valence-electron chi connectivity index (χ0n) is 12.4. The van der Waals surface area contributed by atoms with Gasteiger partial charge in [-0.1, -0.05) is 59.3 Å². The molecule has 0 aromatic heterocycles. The monoisotopic (exact) mass is 470 g/mol. The van der Waals surface area contributed by atoms with Crippen LogP contribution in [0.2, 0.25) is 0 Å². The van der Waals surface area contributed by atoms with E-state index in [0.29, 0.717) is 5.41 Å². The Balaban J connectivity index is -0.000000327. The van der Waals surface area contributed by atoms with Crippen molar-refractivity contribution in [3.63, 3.8) is 0 Å². The SMILES string of the molecule is Br.Br.Br.CCCCC(CP)(CCCC)CCCC. The quantitative estimate of drug-likeness (QED) is 0.296. The van der Waals surface area contributed by atoms with E-state index in [2.05, 4.69) is 30.0 Å². The molecule has 1 unspecified atom stereocenters. The lowest BCUT2D eigenvalue weighted by molar-refractivity contribution is 0.235. The molecule has 0 heterocycles. The molecule has 0 saturated carbocycles. The first-order valence-corrected chi connectivity index (χ1v) is 7.76. The van der Waals surface area contributed by atoms with Crippen molar-refractivity contribution >= 4 is 60.2 Å². The van der Waals surface area contributed by atoms with Crippen LogP contribution in [0.4, 0.5) is 0 Å². The van der Waals surface area contributed by atoms with Gasteiger partial charge in [0, 0.05) is 0 Å². The van der Waals surface area contributed by atoms with Crippen LogP contribution in [0.15, 0.2) is 0 Å². The number of halogens is 3. The van der Waals surface area contributed by atoms with Gasteiger partial charge in [0.05, 0.1) is 0 Å². The van der Waals surface area contributed by atoms with Gasteiger partial charge in [0.2, 0.25) is 0 Å². The minimum atomic E-state index is 0. The van der Waals surface area contributed by atoms with Crippen LogP contribution >= 0.6 is 60.2 Å². The molecule has 0 radical (unpaired) electrons. The minimum absolute atomic E-state index is 0. The van der Waals surface area contributed by atoms with E-state index in [0.717, 1.165) is 0 Å². The maximum atomic E-state index is 3.01.